The Hall–Kier alpha value is -1.96. The second-order valence-corrected chi connectivity index (χ2v) is 5.50. The Morgan fingerprint density at radius 1 is 0.952 bits per heavy atom. The minimum atomic E-state index is 0.739. The molecule has 0 heterocycles. The lowest BCUT2D eigenvalue weighted by Crippen LogP contribution is -2.07. The SMILES string of the molecule is CCc1ccc(OCCCNc2cc(C)cc(C)c2)cc1. The lowest BCUT2D eigenvalue weighted by atomic mass is 10.1. The summed E-state index contributed by atoms with van der Waals surface area (Å²) < 4.78 is 5.75. The maximum absolute atomic E-state index is 5.75. The zero-order chi connectivity index (χ0) is 15.1. The lowest BCUT2D eigenvalue weighted by molar-refractivity contribution is 0.315. The first-order valence-corrected chi connectivity index (χ1v) is 7.71. The van der Waals surface area contributed by atoms with E-state index in [0.29, 0.717) is 0 Å². The van der Waals surface area contributed by atoms with E-state index < -0.39 is 0 Å². The van der Waals surface area contributed by atoms with Gasteiger partial charge in [0.15, 0.2) is 0 Å². The third kappa shape index (κ3) is 5.14. The maximum atomic E-state index is 5.75. The number of hydrogen-bond acceptors (Lipinski definition) is 2. The minimum Gasteiger partial charge on any atom is -0.494 e. The molecule has 0 atom stereocenters. The van der Waals surface area contributed by atoms with Gasteiger partial charge in [0.05, 0.1) is 6.61 Å². The van der Waals surface area contributed by atoms with Crippen LogP contribution >= 0.6 is 0 Å². The van der Waals surface area contributed by atoms with Crippen LogP contribution in [0.3, 0.4) is 0 Å². The van der Waals surface area contributed by atoms with Gasteiger partial charge in [-0.2, -0.15) is 0 Å². The van der Waals surface area contributed by atoms with Crippen molar-refractivity contribution in [3.8, 4) is 5.75 Å². The van der Waals surface area contributed by atoms with Crippen molar-refractivity contribution in [3.63, 3.8) is 0 Å². The Kier molecular flexibility index (Phi) is 5.68. The molecule has 0 unspecified atom stereocenters. The highest BCUT2D eigenvalue weighted by atomic mass is 16.5. The van der Waals surface area contributed by atoms with Crippen LogP contribution in [0.5, 0.6) is 5.75 Å². The molecule has 1 N–H and O–H groups in total. The van der Waals surface area contributed by atoms with E-state index in [-0.39, 0.29) is 0 Å². The lowest BCUT2D eigenvalue weighted by Gasteiger charge is -2.10. The van der Waals surface area contributed by atoms with Crippen molar-refractivity contribution in [2.75, 3.05) is 18.5 Å². The van der Waals surface area contributed by atoms with Gasteiger partial charge in [0.1, 0.15) is 5.75 Å². The van der Waals surface area contributed by atoms with Gasteiger partial charge >= 0.3 is 0 Å². The van der Waals surface area contributed by atoms with E-state index in [1.165, 1.54) is 22.4 Å². The summed E-state index contributed by atoms with van der Waals surface area (Å²) in [5, 5.41) is 3.45. The number of nitrogens with one attached hydrogen (secondary N) is 1. The van der Waals surface area contributed by atoms with Gasteiger partial charge in [-0.05, 0) is 67.6 Å². The molecule has 0 aliphatic rings. The molecule has 2 heteroatoms. The van der Waals surface area contributed by atoms with Gasteiger partial charge in [0.25, 0.3) is 0 Å². The largest absolute Gasteiger partial charge is 0.494 e. The average molecular weight is 283 g/mol. The molecule has 0 amide bonds. The summed E-state index contributed by atoms with van der Waals surface area (Å²) in [5.41, 5.74) is 5.13. The van der Waals surface area contributed by atoms with Gasteiger partial charge in [0.2, 0.25) is 0 Å². The molecule has 2 aromatic rings. The second kappa shape index (κ2) is 7.72. The molecule has 0 spiro atoms. The van der Waals surface area contributed by atoms with Crippen molar-refractivity contribution < 1.29 is 4.74 Å². The first kappa shape index (κ1) is 15.4. The third-order valence-corrected chi connectivity index (χ3v) is 3.47. The van der Waals surface area contributed by atoms with Gasteiger partial charge in [0, 0.05) is 12.2 Å². The van der Waals surface area contributed by atoms with E-state index in [0.717, 1.165) is 31.7 Å². The van der Waals surface area contributed by atoms with Crippen molar-refractivity contribution in [2.45, 2.75) is 33.6 Å². The molecule has 0 aliphatic carbocycles. The van der Waals surface area contributed by atoms with Gasteiger partial charge < -0.3 is 10.1 Å². The van der Waals surface area contributed by atoms with Crippen LogP contribution in [0.4, 0.5) is 5.69 Å². The summed E-state index contributed by atoms with van der Waals surface area (Å²) in [5.74, 6) is 0.957. The fourth-order valence-corrected chi connectivity index (χ4v) is 2.39. The van der Waals surface area contributed by atoms with Gasteiger partial charge in [-0.3, -0.25) is 0 Å². The van der Waals surface area contributed by atoms with E-state index in [4.69, 9.17) is 4.74 Å². The molecule has 112 valence electrons. The third-order valence-electron chi connectivity index (χ3n) is 3.47. The number of anilines is 1. The first-order chi connectivity index (χ1) is 10.2. The van der Waals surface area contributed by atoms with Crippen molar-refractivity contribution in [1.82, 2.24) is 0 Å². The first-order valence-electron chi connectivity index (χ1n) is 7.71. The summed E-state index contributed by atoms with van der Waals surface area (Å²) >= 11 is 0. The summed E-state index contributed by atoms with van der Waals surface area (Å²) in [6.45, 7) is 8.08. The molecule has 2 aromatic carbocycles. The van der Waals surface area contributed by atoms with Crippen LogP contribution < -0.4 is 10.1 Å². The quantitative estimate of drug-likeness (QED) is 0.741. The zero-order valence-electron chi connectivity index (χ0n) is 13.3. The topological polar surface area (TPSA) is 21.3 Å². The van der Waals surface area contributed by atoms with E-state index >= 15 is 0 Å². The number of aryl methyl sites for hydroxylation is 3. The van der Waals surface area contributed by atoms with Gasteiger partial charge in [-0.25, -0.2) is 0 Å². The maximum Gasteiger partial charge on any atom is 0.119 e. The predicted molar refractivity (Wildman–Crippen MR) is 90.3 cm³/mol. The minimum absolute atomic E-state index is 0.739. The van der Waals surface area contributed by atoms with Crippen molar-refractivity contribution in [3.05, 3.63) is 59.2 Å². The van der Waals surface area contributed by atoms with Crippen LogP contribution in [0.15, 0.2) is 42.5 Å². The van der Waals surface area contributed by atoms with E-state index in [1.54, 1.807) is 0 Å². The van der Waals surface area contributed by atoms with Crippen molar-refractivity contribution >= 4 is 5.69 Å². The Bertz CT molecular complexity index is 540. The van der Waals surface area contributed by atoms with Gasteiger partial charge in [-0.15, -0.1) is 0 Å². The molecular weight excluding hydrogens is 258 g/mol. The molecule has 0 fully saturated rings. The number of ether oxygens (including phenoxy) is 1. The molecule has 0 bridgehead atoms. The van der Waals surface area contributed by atoms with Crippen LogP contribution in [-0.2, 0) is 6.42 Å². The van der Waals surface area contributed by atoms with E-state index in [1.807, 2.05) is 0 Å². The summed E-state index contributed by atoms with van der Waals surface area (Å²) in [6.07, 6.45) is 2.06. The highest BCUT2D eigenvalue weighted by Gasteiger charge is 1.97. The van der Waals surface area contributed by atoms with Crippen molar-refractivity contribution in [1.29, 1.82) is 0 Å². The van der Waals surface area contributed by atoms with Crippen LogP contribution in [0.25, 0.3) is 0 Å². The Morgan fingerprint density at radius 2 is 1.62 bits per heavy atom. The molecule has 2 nitrogen and oxygen atoms in total. The van der Waals surface area contributed by atoms with Gasteiger partial charge in [-0.1, -0.05) is 25.1 Å². The van der Waals surface area contributed by atoms with Crippen molar-refractivity contribution in [2.24, 2.45) is 0 Å². The molecular formula is C19H25NO. The normalized spacial score (nSPS) is 10.4. The number of rotatable bonds is 7. The Balaban J connectivity index is 1.69. The predicted octanol–water partition coefficient (Wildman–Crippen LogP) is 4.75. The molecule has 0 saturated heterocycles. The summed E-state index contributed by atoms with van der Waals surface area (Å²) in [7, 11) is 0. The monoisotopic (exact) mass is 283 g/mol. The Morgan fingerprint density at radius 3 is 2.24 bits per heavy atom. The van der Waals surface area contributed by atoms with Crippen LogP contribution in [-0.4, -0.2) is 13.2 Å². The number of hydrogen-bond donors (Lipinski definition) is 1. The van der Waals surface area contributed by atoms with E-state index in [9.17, 15) is 0 Å². The fourth-order valence-electron chi connectivity index (χ4n) is 2.39. The van der Waals surface area contributed by atoms with E-state index in [2.05, 4.69) is 68.6 Å². The molecule has 0 aliphatic heterocycles. The Labute approximate surface area is 128 Å². The fraction of sp³-hybridized carbons (Fsp3) is 0.368. The van der Waals surface area contributed by atoms with Crippen LogP contribution in [0.2, 0.25) is 0 Å². The summed E-state index contributed by atoms with van der Waals surface area (Å²) in [4.78, 5) is 0. The number of benzene rings is 2. The standard InChI is InChI=1S/C19H25NO/c1-4-17-6-8-19(9-7-17)21-11-5-10-20-18-13-15(2)12-16(3)14-18/h6-9,12-14,20H,4-5,10-11H2,1-3H3. The molecule has 21 heavy (non-hydrogen) atoms. The van der Waals surface area contributed by atoms with Crippen LogP contribution in [0.1, 0.15) is 30.0 Å². The summed E-state index contributed by atoms with van der Waals surface area (Å²) in [6, 6.07) is 14.9. The average Bonchev–Trinajstić information content (AvgIpc) is 2.46. The highest BCUT2D eigenvalue weighted by molar-refractivity contribution is 5.48. The smallest absolute Gasteiger partial charge is 0.119 e. The molecule has 2 rings (SSSR count). The molecule has 0 radical (unpaired) electrons. The van der Waals surface area contributed by atoms with Crippen LogP contribution in [0, 0.1) is 13.8 Å². The second-order valence-electron chi connectivity index (χ2n) is 5.50. The molecule has 0 aromatic heterocycles. The highest BCUT2D eigenvalue weighted by Crippen LogP contribution is 2.14. The zero-order valence-corrected chi connectivity index (χ0v) is 13.3. The molecule has 0 saturated carbocycles.